The predicted molar refractivity (Wildman–Crippen MR) is 42.9 cm³/mol. The minimum Gasteiger partial charge on any atom is -0.397 e. The fraction of sp³-hybridized carbons (Fsp3) is 0.750. The number of rotatable bonds is 7. The van der Waals surface area contributed by atoms with Crippen LogP contribution in [-0.2, 0) is 4.74 Å². The standard InChI is InChI=1S/C8H5F11O2/c9-3(10)4(11)21-8(18,19)7(16,17)6(14,15)5(12,13)1-2-20/h20H,1-2H2. The second kappa shape index (κ2) is 5.85. The Balaban J connectivity index is 5.67. The van der Waals surface area contributed by atoms with E-state index in [4.69, 9.17) is 5.11 Å². The van der Waals surface area contributed by atoms with Gasteiger partial charge in [0.05, 0.1) is 0 Å². The number of aliphatic hydroxyl groups excluding tert-OH is 1. The highest BCUT2D eigenvalue weighted by atomic mass is 19.4. The molecule has 126 valence electrons. The van der Waals surface area contributed by atoms with Crippen LogP contribution in [0.4, 0.5) is 48.3 Å². The van der Waals surface area contributed by atoms with Crippen LogP contribution >= 0.6 is 0 Å². The second-order valence-corrected chi connectivity index (χ2v) is 3.48. The van der Waals surface area contributed by atoms with E-state index in [2.05, 4.69) is 0 Å². The van der Waals surface area contributed by atoms with Gasteiger partial charge in [-0.05, 0) is 0 Å². The zero-order valence-electron chi connectivity index (χ0n) is 9.43. The van der Waals surface area contributed by atoms with Crippen LogP contribution in [0.3, 0.4) is 0 Å². The van der Waals surface area contributed by atoms with Crippen molar-refractivity contribution >= 4 is 0 Å². The summed E-state index contributed by atoms with van der Waals surface area (Å²) in [6.07, 6.45) is -12.8. The number of hydrogen-bond donors (Lipinski definition) is 1. The molecule has 0 saturated carbocycles. The Morgan fingerprint density at radius 2 is 1.24 bits per heavy atom. The fourth-order valence-corrected chi connectivity index (χ4v) is 0.925. The molecule has 0 saturated heterocycles. The quantitative estimate of drug-likeness (QED) is 0.561. The minimum atomic E-state index is -7.06. The molecule has 13 heteroatoms. The van der Waals surface area contributed by atoms with Gasteiger partial charge in [0.25, 0.3) is 0 Å². The van der Waals surface area contributed by atoms with E-state index in [9.17, 15) is 48.3 Å². The topological polar surface area (TPSA) is 29.5 Å². The normalized spacial score (nSPS) is 14.1. The molecular formula is C8H5F11O2. The van der Waals surface area contributed by atoms with Crippen molar-refractivity contribution in [3.05, 3.63) is 12.1 Å². The first-order chi connectivity index (χ1) is 9.14. The van der Waals surface area contributed by atoms with E-state index in [1.54, 1.807) is 0 Å². The molecule has 0 aromatic heterocycles. The summed E-state index contributed by atoms with van der Waals surface area (Å²) < 4.78 is 139. The molecule has 0 unspecified atom stereocenters. The molecule has 0 amide bonds. The van der Waals surface area contributed by atoms with Gasteiger partial charge in [0, 0.05) is 13.0 Å². The van der Waals surface area contributed by atoms with Crippen LogP contribution in [0, 0.1) is 0 Å². The van der Waals surface area contributed by atoms with Crippen LogP contribution in [0.15, 0.2) is 12.1 Å². The molecule has 0 fully saturated rings. The van der Waals surface area contributed by atoms with Gasteiger partial charge in [-0.3, -0.25) is 0 Å². The Morgan fingerprint density at radius 3 is 1.57 bits per heavy atom. The van der Waals surface area contributed by atoms with Gasteiger partial charge in [-0.25, -0.2) is 0 Å². The van der Waals surface area contributed by atoms with Gasteiger partial charge in [0.1, 0.15) is 0 Å². The summed E-state index contributed by atoms with van der Waals surface area (Å²) in [4.78, 5) is 0. The van der Waals surface area contributed by atoms with Crippen LogP contribution in [-0.4, -0.2) is 35.6 Å². The third kappa shape index (κ3) is 3.49. The average Bonchev–Trinajstić information content (AvgIpc) is 2.27. The van der Waals surface area contributed by atoms with E-state index in [0.29, 0.717) is 0 Å². The Bertz CT molecular complexity index is 399. The molecular weight excluding hydrogens is 337 g/mol. The lowest BCUT2D eigenvalue weighted by atomic mass is 10.0. The smallest absolute Gasteiger partial charge is 0.397 e. The molecule has 0 atom stereocenters. The molecule has 0 aromatic carbocycles. The summed E-state index contributed by atoms with van der Waals surface area (Å²) in [5.74, 6) is -19.8. The maximum Gasteiger partial charge on any atom is 0.472 e. The van der Waals surface area contributed by atoms with Crippen molar-refractivity contribution in [2.75, 3.05) is 6.61 Å². The van der Waals surface area contributed by atoms with Gasteiger partial charge >= 0.3 is 36.0 Å². The number of aliphatic hydroxyl groups is 1. The van der Waals surface area contributed by atoms with Crippen molar-refractivity contribution in [1.29, 1.82) is 0 Å². The van der Waals surface area contributed by atoms with Gasteiger partial charge in [-0.1, -0.05) is 0 Å². The monoisotopic (exact) mass is 342 g/mol. The van der Waals surface area contributed by atoms with Crippen molar-refractivity contribution in [2.45, 2.75) is 30.3 Å². The summed E-state index contributed by atoms with van der Waals surface area (Å²) in [6, 6.07) is -3.64. The average molecular weight is 342 g/mol. The highest BCUT2D eigenvalue weighted by Crippen LogP contribution is 2.54. The lowest BCUT2D eigenvalue weighted by Gasteiger charge is -2.35. The number of ether oxygens (including phenoxy) is 1. The molecule has 0 aromatic rings. The predicted octanol–water partition coefficient (Wildman–Crippen LogP) is 3.92. The maximum atomic E-state index is 12.8. The zero-order chi connectivity index (χ0) is 17.3. The van der Waals surface area contributed by atoms with Crippen molar-refractivity contribution in [3.63, 3.8) is 0 Å². The highest BCUT2D eigenvalue weighted by molar-refractivity contribution is 5.01. The molecule has 0 radical (unpaired) electrons. The molecule has 1 N–H and O–H groups in total. The molecule has 0 spiro atoms. The molecule has 0 bridgehead atoms. The van der Waals surface area contributed by atoms with E-state index in [1.165, 1.54) is 0 Å². The molecule has 0 aliphatic heterocycles. The molecule has 0 aliphatic carbocycles. The molecule has 0 aliphatic rings. The summed E-state index contributed by atoms with van der Waals surface area (Å²) in [5.41, 5.74) is 0. The number of hydrogen-bond acceptors (Lipinski definition) is 2. The Hall–Kier alpha value is -1.27. The van der Waals surface area contributed by atoms with Gasteiger partial charge < -0.3 is 9.84 Å². The lowest BCUT2D eigenvalue weighted by molar-refractivity contribution is -0.424. The van der Waals surface area contributed by atoms with Crippen LogP contribution in [0.2, 0.25) is 0 Å². The van der Waals surface area contributed by atoms with Crippen molar-refractivity contribution in [2.24, 2.45) is 0 Å². The van der Waals surface area contributed by atoms with Crippen LogP contribution < -0.4 is 0 Å². The van der Waals surface area contributed by atoms with E-state index in [0.717, 1.165) is 0 Å². The molecule has 21 heavy (non-hydrogen) atoms. The summed E-state index contributed by atoms with van der Waals surface area (Å²) in [5, 5.41) is 8.01. The maximum absolute atomic E-state index is 12.8. The fourth-order valence-electron chi connectivity index (χ4n) is 0.925. The Kier molecular flexibility index (Phi) is 5.49. The number of alkyl halides is 8. The molecule has 0 heterocycles. The summed E-state index contributed by atoms with van der Waals surface area (Å²) >= 11 is 0. The number of halogens is 11. The highest BCUT2D eigenvalue weighted by Gasteiger charge is 2.82. The van der Waals surface area contributed by atoms with Crippen LogP contribution in [0.25, 0.3) is 0 Å². The van der Waals surface area contributed by atoms with Crippen LogP contribution in [0.1, 0.15) is 6.42 Å². The summed E-state index contributed by atoms with van der Waals surface area (Å²) in [7, 11) is 0. The van der Waals surface area contributed by atoms with Crippen molar-refractivity contribution < 1.29 is 58.1 Å². The van der Waals surface area contributed by atoms with E-state index < -0.39 is 49.0 Å². The first-order valence-corrected chi connectivity index (χ1v) is 4.66. The van der Waals surface area contributed by atoms with Crippen LogP contribution in [0.5, 0.6) is 0 Å². The third-order valence-electron chi connectivity index (χ3n) is 2.01. The summed E-state index contributed by atoms with van der Waals surface area (Å²) in [6.45, 7) is -1.78. The van der Waals surface area contributed by atoms with Gasteiger partial charge in [0.2, 0.25) is 0 Å². The van der Waals surface area contributed by atoms with Gasteiger partial charge in [-0.2, -0.15) is 48.3 Å². The SMILES string of the molecule is OCCC(F)(F)C(F)(F)C(F)(F)C(F)(F)OC(F)=C(F)F. The second-order valence-electron chi connectivity index (χ2n) is 3.48. The van der Waals surface area contributed by atoms with E-state index in [1.807, 2.05) is 4.74 Å². The van der Waals surface area contributed by atoms with Gasteiger partial charge in [0.15, 0.2) is 0 Å². The molecule has 2 nitrogen and oxygen atoms in total. The first-order valence-electron chi connectivity index (χ1n) is 4.66. The largest absolute Gasteiger partial charge is 0.472 e. The van der Waals surface area contributed by atoms with E-state index in [-0.39, 0.29) is 0 Å². The first kappa shape index (κ1) is 19.7. The molecule has 0 rings (SSSR count). The van der Waals surface area contributed by atoms with Gasteiger partial charge in [-0.15, -0.1) is 0 Å². The Morgan fingerprint density at radius 1 is 0.810 bits per heavy atom. The van der Waals surface area contributed by atoms with Crippen molar-refractivity contribution in [1.82, 2.24) is 0 Å². The zero-order valence-corrected chi connectivity index (χ0v) is 9.43. The lowest BCUT2D eigenvalue weighted by Crippen LogP contribution is -2.63. The minimum absolute atomic E-state index is 1.78. The van der Waals surface area contributed by atoms with E-state index >= 15 is 0 Å². The third-order valence-corrected chi connectivity index (χ3v) is 2.01. The van der Waals surface area contributed by atoms with Crippen molar-refractivity contribution in [3.8, 4) is 0 Å². The Labute approximate surface area is 108 Å².